The third-order valence-corrected chi connectivity index (χ3v) is 5.04. The summed E-state index contributed by atoms with van der Waals surface area (Å²) in [6.45, 7) is 2.10. The second-order valence-corrected chi connectivity index (χ2v) is 7.23. The minimum Gasteiger partial charge on any atom is -0.497 e. The molecule has 3 N–H and O–H groups in total. The van der Waals surface area contributed by atoms with Gasteiger partial charge in [-0.1, -0.05) is 61.5 Å². The molecule has 2 aromatic carbocycles. The van der Waals surface area contributed by atoms with Crippen LogP contribution in [0.4, 0.5) is 5.69 Å². The third-order valence-electron chi connectivity index (χ3n) is 5.04. The van der Waals surface area contributed by atoms with Crippen LogP contribution in [-0.2, 0) is 9.59 Å². The zero-order chi connectivity index (χ0) is 21.5. The van der Waals surface area contributed by atoms with Crippen molar-refractivity contribution in [1.82, 2.24) is 0 Å². The van der Waals surface area contributed by atoms with Gasteiger partial charge in [0.15, 0.2) is 0 Å². The highest BCUT2D eigenvalue weighted by Crippen LogP contribution is 2.25. The van der Waals surface area contributed by atoms with E-state index < -0.39 is 17.6 Å². The number of carbonyl (C=O) groups excluding carboxylic acids is 2. The largest absolute Gasteiger partial charge is 0.497 e. The quantitative estimate of drug-likeness (QED) is 0.512. The van der Waals surface area contributed by atoms with Crippen LogP contribution >= 0.6 is 0 Å². The number of Topliss-reactive ketones (excluding diaryl/α,β-unsaturated/α-hetero) is 2. The van der Waals surface area contributed by atoms with Gasteiger partial charge in [0.05, 0.1) is 7.11 Å². The van der Waals surface area contributed by atoms with Crippen LogP contribution < -0.4 is 15.8 Å². The summed E-state index contributed by atoms with van der Waals surface area (Å²) >= 11 is 0. The van der Waals surface area contributed by atoms with Crippen LogP contribution in [0.25, 0.3) is 5.57 Å². The van der Waals surface area contributed by atoms with Gasteiger partial charge in [-0.3, -0.25) is 9.59 Å². The molecule has 0 saturated heterocycles. The third kappa shape index (κ3) is 4.87. The minimum atomic E-state index is -0.827. The van der Waals surface area contributed by atoms with Gasteiger partial charge in [-0.15, -0.1) is 0 Å². The Kier molecular flexibility index (Phi) is 6.86. The van der Waals surface area contributed by atoms with Crippen molar-refractivity contribution < 1.29 is 14.3 Å². The Hall–Kier alpha value is -3.60. The Morgan fingerprint density at radius 1 is 1.17 bits per heavy atom. The number of hydrogen-bond acceptors (Lipinski definition) is 5. The van der Waals surface area contributed by atoms with Crippen LogP contribution in [0.3, 0.4) is 0 Å². The van der Waals surface area contributed by atoms with Crippen LogP contribution in [0, 0.1) is 5.92 Å². The average molecular weight is 402 g/mol. The molecule has 0 amide bonds. The number of ketones is 2. The fraction of sp³-hybridized carbons (Fsp3) is 0.200. The first-order chi connectivity index (χ1) is 14.5. The fourth-order valence-corrected chi connectivity index (χ4v) is 3.32. The van der Waals surface area contributed by atoms with E-state index in [-0.39, 0.29) is 5.57 Å². The molecule has 3 rings (SSSR count). The predicted octanol–water partition coefficient (Wildman–Crippen LogP) is 4.14. The molecule has 0 aromatic heterocycles. The van der Waals surface area contributed by atoms with E-state index in [1.165, 1.54) is 6.20 Å². The Balaban J connectivity index is 1.93. The predicted molar refractivity (Wildman–Crippen MR) is 120 cm³/mol. The first kappa shape index (κ1) is 21.1. The van der Waals surface area contributed by atoms with E-state index in [2.05, 4.69) is 12.2 Å². The van der Waals surface area contributed by atoms with Gasteiger partial charge in [-0.25, -0.2) is 0 Å². The number of allylic oxidation sites excluding steroid dienone is 3. The highest BCUT2D eigenvalue weighted by molar-refractivity contribution is 6.56. The maximum absolute atomic E-state index is 13.3. The highest BCUT2D eigenvalue weighted by Gasteiger charge is 2.31. The van der Waals surface area contributed by atoms with Crippen molar-refractivity contribution in [2.75, 3.05) is 12.4 Å². The fourth-order valence-electron chi connectivity index (χ4n) is 3.32. The number of hydrogen-bond donors (Lipinski definition) is 2. The molecule has 0 fully saturated rings. The lowest BCUT2D eigenvalue weighted by atomic mass is 9.89. The Labute approximate surface area is 176 Å². The molecule has 1 aliphatic carbocycles. The van der Waals surface area contributed by atoms with Crippen molar-refractivity contribution in [2.45, 2.75) is 19.4 Å². The maximum atomic E-state index is 13.3. The first-order valence-corrected chi connectivity index (χ1v) is 9.88. The van der Waals surface area contributed by atoms with Gasteiger partial charge in [0.25, 0.3) is 0 Å². The number of benzene rings is 2. The van der Waals surface area contributed by atoms with E-state index in [9.17, 15) is 9.59 Å². The maximum Gasteiger partial charge on any atom is 0.233 e. The van der Waals surface area contributed by atoms with Gasteiger partial charge in [-0.2, -0.15) is 0 Å². The number of rotatable bonds is 8. The number of ether oxygens (including phenoxy) is 1. The summed E-state index contributed by atoms with van der Waals surface area (Å²) in [7, 11) is 1.58. The van der Waals surface area contributed by atoms with Gasteiger partial charge >= 0.3 is 0 Å². The molecular formula is C25H26N2O3. The van der Waals surface area contributed by atoms with Crippen molar-refractivity contribution in [3.05, 3.63) is 90.2 Å². The molecule has 0 heterocycles. The molecule has 2 atom stereocenters. The van der Waals surface area contributed by atoms with Crippen molar-refractivity contribution in [3.63, 3.8) is 0 Å². The van der Waals surface area contributed by atoms with Gasteiger partial charge in [0, 0.05) is 23.5 Å². The molecule has 30 heavy (non-hydrogen) atoms. The number of nitrogens with one attached hydrogen (secondary N) is 1. The van der Waals surface area contributed by atoms with Gasteiger partial charge < -0.3 is 15.8 Å². The summed E-state index contributed by atoms with van der Waals surface area (Å²) in [4.78, 5) is 26.5. The van der Waals surface area contributed by atoms with Crippen LogP contribution in [0.15, 0.2) is 84.6 Å². The molecule has 0 radical (unpaired) electrons. The lowest BCUT2D eigenvalue weighted by Gasteiger charge is -2.23. The van der Waals surface area contributed by atoms with Crippen molar-refractivity contribution in [2.24, 2.45) is 11.7 Å². The number of methoxy groups -OCH3 is 1. The smallest absolute Gasteiger partial charge is 0.233 e. The van der Waals surface area contributed by atoms with Crippen molar-refractivity contribution in [3.8, 4) is 5.75 Å². The molecule has 0 saturated carbocycles. The first-order valence-electron chi connectivity index (χ1n) is 9.88. The topological polar surface area (TPSA) is 81.4 Å². The monoisotopic (exact) mass is 402 g/mol. The summed E-state index contributed by atoms with van der Waals surface area (Å²) in [6, 6.07) is 15.4. The van der Waals surface area contributed by atoms with Crippen LogP contribution in [0.5, 0.6) is 5.75 Å². The normalized spacial score (nSPS) is 17.1. The van der Waals surface area contributed by atoms with Gasteiger partial charge in [0.1, 0.15) is 11.8 Å². The zero-order valence-electron chi connectivity index (χ0n) is 17.2. The molecule has 0 aliphatic heterocycles. The average Bonchev–Trinajstić information content (AvgIpc) is 2.79. The lowest BCUT2D eigenvalue weighted by Crippen LogP contribution is -2.37. The van der Waals surface area contributed by atoms with E-state index in [1.807, 2.05) is 42.5 Å². The summed E-state index contributed by atoms with van der Waals surface area (Å²) < 4.78 is 5.27. The number of anilines is 1. The molecule has 5 nitrogen and oxygen atoms in total. The Bertz CT molecular complexity index is 1010. The van der Waals surface area contributed by atoms with Crippen LogP contribution in [0.2, 0.25) is 0 Å². The number of nitrogens with two attached hydrogens (primary N) is 1. The van der Waals surface area contributed by atoms with Crippen LogP contribution in [0.1, 0.15) is 18.9 Å². The molecule has 5 heteroatoms. The van der Waals surface area contributed by atoms with E-state index in [0.717, 1.165) is 12.0 Å². The SMILES string of the molecule is COc1cccc(NC(C(=O)C(=O)C(=CN)c2ccccc2)C2=CCC(C)C=C2)c1. The standard InChI is InChI=1S/C25H26N2O3/c1-17-11-13-19(14-12-17)23(27-20-9-6-10-21(15-20)30-2)25(29)24(28)22(16-26)18-7-4-3-5-8-18/h3-11,13-17,23,27H,12,26H2,1-2H3. The summed E-state index contributed by atoms with van der Waals surface area (Å²) in [6.07, 6.45) is 7.96. The summed E-state index contributed by atoms with van der Waals surface area (Å²) in [5.74, 6) is -0.146. The highest BCUT2D eigenvalue weighted by atomic mass is 16.5. The Morgan fingerprint density at radius 2 is 1.93 bits per heavy atom. The van der Waals surface area contributed by atoms with Crippen molar-refractivity contribution in [1.29, 1.82) is 0 Å². The van der Waals surface area contributed by atoms with Gasteiger partial charge in [0.2, 0.25) is 11.6 Å². The van der Waals surface area contributed by atoms with Crippen molar-refractivity contribution >= 4 is 22.8 Å². The molecule has 2 aromatic rings. The molecule has 0 spiro atoms. The second-order valence-electron chi connectivity index (χ2n) is 7.23. The molecule has 2 unspecified atom stereocenters. The van der Waals surface area contributed by atoms with E-state index >= 15 is 0 Å². The zero-order valence-corrected chi connectivity index (χ0v) is 17.2. The molecule has 154 valence electrons. The lowest BCUT2D eigenvalue weighted by molar-refractivity contribution is -0.133. The molecule has 1 aliphatic rings. The summed E-state index contributed by atoms with van der Waals surface area (Å²) in [5.41, 5.74) is 7.98. The van der Waals surface area contributed by atoms with Gasteiger partial charge in [-0.05, 0) is 35.6 Å². The Morgan fingerprint density at radius 3 is 2.57 bits per heavy atom. The van der Waals surface area contributed by atoms with E-state index in [0.29, 0.717) is 22.9 Å². The minimum absolute atomic E-state index is 0.187. The number of carbonyl (C=O) groups is 2. The van der Waals surface area contributed by atoms with Crippen LogP contribution in [-0.4, -0.2) is 24.7 Å². The summed E-state index contributed by atoms with van der Waals surface area (Å²) in [5, 5.41) is 3.21. The van der Waals surface area contributed by atoms with E-state index in [1.54, 1.807) is 37.4 Å². The van der Waals surface area contributed by atoms with E-state index in [4.69, 9.17) is 10.5 Å². The second kappa shape index (κ2) is 9.74. The molecule has 0 bridgehead atoms. The molecular weight excluding hydrogens is 376 g/mol.